The number of anilines is 2. The monoisotopic (exact) mass is 466 g/mol. The fraction of sp³-hybridized carbons (Fsp3) is 0.429. The van der Waals surface area contributed by atoms with Gasteiger partial charge < -0.3 is 34.8 Å². The fourth-order valence-electron chi connectivity index (χ4n) is 4.00. The molecule has 1 saturated heterocycles. The second-order valence-corrected chi connectivity index (χ2v) is 8.46. The maximum Gasteiger partial charge on any atom is 0.269 e. The van der Waals surface area contributed by atoms with Gasteiger partial charge in [0.2, 0.25) is 6.29 Å². The quantitative estimate of drug-likeness (QED) is 0.380. The summed E-state index contributed by atoms with van der Waals surface area (Å²) in [5.74, 6) is 0.170. The number of nitrogens with zero attached hydrogens (tertiary/aromatic N) is 2. The molecule has 2 aliphatic heterocycles. The maximum absolute atomic E-state index is 11.0. The summed E-state index contributed by atoms with van der Waals surface area (Å²) >= 11 is 6.41. The van der Waals surface area contributed by atoms with Crippen molar-refractivity contribution in [2.24, 2.45) is 0 Å². The third kappa shape index (κ3) is 3.90. The van der Waals surface area contributed by atoms with Crippen LogP contribution in [0.5, 0.6) is 5.75 Å². The SMILES string of the molecule is C[C@@]1(O)[C@@H](Oc2ccc(N3CCc4cc([N+](=O)[O-])ccc43)cc2Cl)O[C@H](CO)[C@@H](O)[C@@H]1O. The standard InChI is InChI=1S/C21H23ClN2O8/c1-21(28)19(27)18(26)17(10-25)32-20(21)31-16-5-3-12(9-14(16)22)23-7-6-11-8-13(24(29)30)2-4-15(11)23/h2-5,8-9,17-20,25-28H,6-7,10H2,1H3/t17-,18-,19+,20+,21+/m1/s1. The van der Waals surface area contributed by atoms with Crippen molar-refractivity contribution in [3.63, 3.8) is 0 Å². The van der Waals surface area contributed by atoms with Crippen molar-refractivity contribution < 1.29 is 34.8 Å². The van der Waals surface area contributed by atoms with E-state index in [9.17, 15) is 30.5 Å². The van der Waals surface area contributed by atoms with Gasteiger partial charge in [0.1, 0.15) is 24.1 Å². The predicted molar refractivity (Wildman–Crippen MR) is 114 cm³/mol. The number of nitro benzene ring substituents is 1. The molecular formula is C21H23ClN2O8. The Bertz CT molecular complexity index is 1030. The number of hydrogen-bond acceptors (Lipinski definition) is 9. The summed E-state index contributed by atoms with van der Waals surface area (Å²) in [6, 6.07) is 9.69. The Morgan fingerprint density at radius 1 is 1.31 bits per heavy atom. The molecule has 10 nitrogen and oxygen atoms in total. The van der Waals surface area contributed by atoms with Crippen molar-refractivity contribution in [2.45, 2.75) is 43.5 Å². The van der Waals surface area contributed by atoms with Crippen LogP contribution in [0, 0.1) is 10.1 Å². The molecule has 0 bridgehead atoms. The Balaban J connectivity index is 1.56. The molecule has 2 aromatic rings. The minimum absolute atomic E-state index is 0.0420. The van der Waals surface area contributed by atoms with Crippen LogP contribution in [0.4, 0.5) is 17.1 Å². The molecular weight excluding hydrogens is 444 g/mol. The van der Waals surface area contributed by atoms with E-state index in [1.165, 1.54) is 13.0 Å². The molecule has 1 fully saturated rings. The van der Waals surface area contributed by atoms with E-state index in [1.807, 2.05) is 4.90 Å². The molecule has 0 spiro atoms. The highest BCUT2D eigenvalue weighted by Crippen LogP contribution is 2.40. The first kappa shape index (κ1) is 22.7. The summed E-state index contributed by atoms with van der Waals surface area (Å²) in [4.78, 5) is 12.6. The van der Waals surface area contributed by atoms with Crippen LogP contribution in [0.15, 0.2) is 36.4 Å². The van der Waals surface area contributed by atoms with Gasteiger partial charge in [0, 0.05) is 30.1 Å². The van der Waals surface area contributed by atoms with E-state index in [-0.39, 0.29) is 16.5 Å². The van der Waals surface area contributed by atoms with Gasteiger partial charge in [-0.2, -0.15) is 0 Å². The zero-order valence-corrected chi connectivity index (χ0v) is 17.8. The average molecular weight is 467 g/mol. The van der Waals surface area contributed by atoms with Gasteiger partial charge in [-0.25, -0.2) is 0 Å². The highest BCUT2D eigenvalue weighted by Gasteiger charge is 2.53. The summed E-state index contributed by atoms with van der Waals surface area (Å²) in [7, 11) is 0. The number of rotatable bonds is 5. The fourth-order valence-corrected chi connectivity index (χ4v) is 4.22. The molecule has 0 radical (unpaired) electrons. The number of hydrogen-bond donors (Lipinski definition) is 4. The van der Waals surface area contributed by atoms with Crippen LogP contribution in [0.1, 0.15) is 12.5 Å². The molecule has 32 heavy (non-hydrogen) atoms. The number of aliphatic hydroxyl groups is 4. The molecule has 0 aromatic heterocycles. The number of nitro groups is 1. The maximum atomic E-state index is 11.0. The molecule has 0 saturated carbocycles. The molecule has 0 unspecified atom stereocenters. The molecule has 0 aliphatic carbocycles. The van der Waals surface area contributed by atoms with Crippen LogP contribution in [-0.2, 0) is 11.2 Å². The van der Waals surface area contributed by atoms with E-state index in [2.05, 4.69) is 0 Å². The van der Waals surface area contributed by atoms with E-state index in [4.69, 9.17) is 21.1 Å². The summed E-state index contributed by atoms with van der Waals surface area (Å²) in [6.45, 7) is 1.30. The lowest BCUT2D eigenvalue weighted by Gasteiger charge is -2.45. The van der Waals surface area contributed by atoms with Crippen molar-refractivity contribution >= 4 is 28.7 Å². The molecule has 5 atom stereocenters. The van der Waals surface area contributed by atoms with Crippen molar-refractivity contribution in [2.75, 3.05) is 18.1 Å². The van der Waals surface area contributed by atoms with Crippen molar-refractivity contribution in [3.05, 3.63) is 57.1 Å². The molecule has 172 valence electrons. The van der Waals surface area contributed by atoms with E-state index in [0.29, 0.717) is 13.0 Å². The van der Waals surface area contributed by atoms with Crippen LogP contribution < -0.4 is 9.64 Å². The van der Waals surface area contributed by atoms with Gasteiger partial charge in [0.25, 0.3) is 5.69 Å². The lowest BCUT2D eigenvalue weighted by atomic mass is 9.88. The molecule has 2 aromatic carbocycles. The third-order valence-electron chi connectivity index (χ3n) is 5.89. The normalized spacial score (nSPS) is 29.6. The van der Waals surface area contributed by atoms with Crippen LogP contribution in [0.3, 0.4) is 0 Å². The Labute approximate surface area is 188 Å². The van der Waals surface area contributed by atoms with Gasteiger partial charge in [0.15, 0.2) is 5.60 Å². The molecule has 0 amide bonds. The summed E-state index contributed by atoms with van der Waals surface area (Å²) in [5, 5.41) is 51.4. The summed E-state index contributed by atoms with van der Waals surface area (Å²) in [5.41, 5.74) is 0.539. The summed E-state index contributed by atoms with van der Waals surface area (Å²) < 4.78 is 11.1. The van der Waals surface area contributed by atoms with E-state index in [1.54, 1.807) is 30.3 Å². The lowest BCUT2D eigenvalue weighted by Crippen LogP contribution is -2.66. The first-order valence-electron chi connectivity index (χ1n) is 9.99. The van der Waals surface area contributed by atoms with Gasteiger partial charge in [0.05, 0.1) is 16.6 Å². The summed E-state index contributed by atoms with van der Waals surface area (Å²) in [6.07, 6.45) is -4.98. The van der Waals surface area contributed by atoms with Crippen molar-refractivity contribution in [1.82, 2.24) is 0 Å². The van der Waals surface area contributed by atoms with Crippen LogP contribution in [0.2, 0.25) is 5.02 Å². The largest absolute Gasteiger partial charge is 0.460 e. The molecule has 2 aliphatic rings. The average Bonchev–Trinajstić information content (AvgIpc) is 3.18. The Kier molecular flexibility index (Phi) is 6.01. The number of halogens is 1. The van der Waals surface area contributed by atoms with Crippen LogP contribution in [-0.4, -0.2) is 68.7 Å². The number of non-ortho nitro benzene ring substituents is 1. The number of fused-ring (bicyclic) bond motifs is 1. The Hall–Kier alpha value is -2.47. The van der Waals surface area contributed by atoms with Gasteiger partial charge in [-0.3, -0.25) is 10.1 Å². The topological polar surface area (TPSA) is 146 Å². The van der Waals surface area contributed by atoms with Gasteiger partial charge in [-0.05, 0) is 43.2 Å². The van der Waals surface area contributed by atoms with E-state index in [0.717, 1.165) is 16.9 Å². The van der Waals surface area contributed by atoms with E-state index < -0.39 is 41.7 Å². The molecule has 11 heteroatoms. The number of ether oxygens (including phenoxy) is 2. The highest BCUT2D eigenvalue weighted by atomic mass is 35.5. The molecule has 4 rings (SSSR count). The second kappa shape index (κ2) is 8.47. The Morgan fingerprint density at radius 2 is 2.06 bits per heavy atom. The molecule has 4 N–H and O–H groups in total. The van der Waals surface area contributed by atoms with Crippen molar-refractivity contribution in [1.29, 1.82) is 0 Å². The first-order chi connectivity index (χ1) is 15.1. The Morgan fingerprint density at radius 3 is 2.72 bits per heavy atom. The highest BCUT2D eigenvalue weighted by molar-refractivity contribution is 6.32. The van der Waals surface area contributed by atoms with Crippen molar-refractivity contribution in [3.8, 4) is 5.75 Å². The zero-order chi connectivity index (χ0) is 23.2. The minimum Gasteiger partial charge on any atom is -0.460 e. The van der Waals surface area contributed by atoms with E-state index >= 15 is 0 Å². The van der Waals surface area contributed by atoms with Crippen LogP contribution >= 0.6 is 11.6 Å². The number of benzene rings is 2. The van der Waals surface area contributed by atoms with Gasteiger partial charge in [-0.1, -0.05) is 11.6 Å². The van der Waals surface area contributed by atoms with Gasteiger partial charge >= 0.3 is 0 Å². The smallest absolute Gasteiger partial charge is 0.269 e. The third-order valence-corrected chi connectivity index (χ3v) is 6.18. The number of aliphatic hydroxyl groups excluding tert-OH is 3. The molecule has 2 heterocycles. The zero-order valence-electron chi connectivity index (χ0n) is 17.1. The second-order valence-electron chi connectivity index (χ2n) is 8.05. The lowest BCUT2D eigenvalue weighted by molar-refractivity contribution is -0.384. The minimum atomic E-state index is -1.96. The van der Waals surface area contributed by atoms with Crippen LogP contribution in [0.25, 0.3) is 0 Å². The first-order valence-corrected chi connectivity index (χ1v) is 10.4. The van der Waals surface area contributed by atoms with Gasteiger partial charge in [-0.15, -0.1) is 0 Å². The predicted octanol–water partition coefficient (Wildman–Crippen LogP) is 1.51.